The first-order chi connectivity index (χ1) is 10.5. The molecule has 7 heteroatoms. The Kier molecular flexibility index (Phi) is 4.46. The Morgan fingerprint density at radius 2 is 2.27 bits per heavy atom. The van der Waals surface area contributed by atoms with Crippen LogP contribution in [0.2, 0.25) is 0 Å². The third-order valence-electron chi connectivity index (χ3n) is 4.19. The van der Waals surface area contributed by atoms with Crippen molar-refractivity contribution >= 4 is 23.7 Å². The van der Waals surface area contributed by atoms with Gasteiger partial charge in [0, 0.05) is 30.2 Å². The van der Waals surface area contributed by atoms with E-state index < -0.39 is 0 Å². The van der Waals surface area contributed by atoms with Gasteiger partial charge >= 0.3 is 0 Å². The van der Waals surface area contributed by atoms with E-state index in [0.29, 0.717) is 17.0 Å². The average molecular weight is 318 g/mol. The molecule has 1 aliphatic heterocycles. The number of nitrogens with one attached hydrogen (secondary N) is 1. The van der Waals surface area contributed by atoms with Crippen molar-refractivity contribution in [2.45, 2.75) is 37.2 Å². The molecular formula is C15H22N6S. The Labute approximate surface area is 135 Å². The SMILES string of the molecule is Cc1nc2cc(S)cnc2c(=N)n1CCCN1CCC(N)C1. The third-order valence-corrected chi connectivity index (χ3v) is 4.43. The Hall–Kier alpha value is -1.44. The minimum Gasteiger partial charge on any atom is -0.326 e. The van der Waals surface area contributed by atoms with E-state index in [0.717, 1.165) is 55.3 Å². The van der Waals surface area contributed by atoms with E-state index >= 15 is 0 Å². The fraction of sp³-hybridized carbons (Fsp3) is 0.533. The van der Waals surface area contributed by atoms with Crippen molar-refractivity contribution in [2.75, 3.05) is 19.6 Å². The molecule has 2 aromatic heterocycles. The Balaban J connectivity index is 1.76. The minimum absolute atomic E-state index is 0.322. The molecule has 22 heavy (non-hydrogen) atoms. The van der Waals surface area contributed by atoms with E-state index in [1.165, 1.54) is 0 Å². The topological polar surface area (TPSA) is 83.8 Å². The summed E-state index contributed by atoms with van der Waals surface area (Å²) in [4.78, 5) is 12.0. The summed E-state index contributed by atoms with van der Waals surface area (Å²) in [7, 11) is 0. The molecule has 1 saturated heterocycles. The largest absolute Gasteiger partial charge is 0.326 e. The maximum atomic E-state index is 8.37. The normalized spacial score (nSPS) is 19.1. The molecule has 1 aliphatic rings. The predicted molar refractivity (Wildman–Crippen MR) is 89.0 cm³/mol. The number of aryl methyl sites for hydroxylation is 1. The van der Waals surface area contributed by atoms with E-state index in [1.54, 1.807) is 6.20 Å². The van der Waals surface area contributed by atoms with E-state index in [1.807, 2.05) is 17.6 Å². The molecule has 1 fully saturated rings. The number of rotatable bonds is 4. The second-order valence-corrected chi connectivity index (χ2v) is 6.44. The number of thiol groups is 1. The summed E-state index contributed by atoms with van der Waals surface area (Å²) in [5.41, 5.74) is 7.72. The lowest BCUT2D eigenvalue weighted by Crippen LogP contribution is -2.30. The van der Waals surface area contributed by atoms with Crippen molar-refractivity contribution in [3.05, 3.63) is 23.6 Å². The predicted octanol–water partition coefficient (Wildman–Crippen LogP) is 0.931. The fourth-order valence-electron chi connectivity index (χ4n) is 3.03. The lowest BCUT2D eigenvalue weighted by molar-refractivity contribution is 0.319. The van der Waals surface area contributed by atoms with Crippen LogP contribution in [-0.4, -0.2) is 45.1 Å². The summed E-state index contributed by atoms with van der Waals surface area (Å²) in [6, 6.07) is 2.18. The van der Waals surface area contributed by atoms with E-state index in [4.69, 9.17) is 11.1 Å². The molecule has 1 atom stereocenters. The molecule has 3 rings (SSSR count). The molecule has 0 amide bonds. The zero-order valence-electron chi connectivity index (χ0n) is 12.8. The summed E-state index contributed by atoms with van der Waals surface area (Å²) in [5, 5.41) is 8.37. The molecule has 6 nitrogen and oxygen atoms in total. The van der Waals surface area contributed by atoms with E-state index in [9.17, 15) is 0 Å². The smallest absolute Gasteiger partial charge is 0.154 e. The van der Waals surface area contributed by atoms with Crippen LogP contribution in [0.4, 0.5) is 0 Å². The molecule has 3 heterocycles. The highest BCUT2D eigenvalue weighted by Crippen LogP contribution is 2.12. The molecule has 2 aromatic rings. The first-order valence-corrected chi connectivity index (χ1v) is 8.08. The van der Waals surface area contributed by atoms with Gasteiger partial charge in [-0.2, -0.15) is 0 Å². The van der Waals surface area contributed by atoms with Crippen LogP contribution >= 0.6 is 12.6 Å². The fourth-order valence-corrected chi connectivity index (χ4v) is 3.21. The average Bonchev–Trinajstić information content (AvgIpc) is 2.87. The number of hydrogen-bond donors (Lipinski definition) is 3. The van der Waals surface area contributed by atoms with Gasteiger partial charge < -0.3 is 15.2 Å². The molecule has 118 valence electrons. The molecule has 0 radical (unpaired) electrons. The van der Waals surface area contributed by atoms with E-state index in [-0.39, 0.29) is 0 Å². The summed E-state index contributed by atoms with van der Waals surface area (Å²) in [5.74, 6) is 0.844. The minimum atomic E-state index is 0.322. The quantitative estimate of drug-likeness (QED) is 0.732. The standard InChI is InChI=1S/C15H22N6S/c1-10-19-13-7-12(22)8-18-14(13)15(17)21(10)5-2-4-20-6-3-11(16)9-20/h7-8,11,17,22H,2-6,9,16H2,1H3. The van der Waals surface area contributed by atoms with E-state index in [2.05, 4.69) is 27.5 Å². The van der Waals surface area contributed by atoms with Crippen LogP contribution < -0.4 is 11.2 Å². The first kappa shape index (κ1) is 15.5. The van der Waals surface area contributed by atoms with Gasteiger partial charge in [-0.25, -0.2) is 9.97 Å². The number of aromatic nitrogens is 3. The van der Waals surface area contributed by atoms with Crippen LogP contribution in [0.5, 0.6) is 0 Å². The van der Waals surface area contributed by atoms with Crippen molar-refractivity contribution < 1.29 is 0 Å². The van der Waals surface area contributed by atoms with Crippen molar-refractivity contribution in [1.82, 2.24) is 19.4 Å². The highest BCUT2D eigenvalue weighted by atomic mass is 32.1. The lowest BCUT2D eigenvalue weighted by Gasteiger charge is -2.17. The molecule has 0 bridgehead atoms. The van der Waals surface area contributed by atoms with Crippen molar-refractivity contribution in [3.63, 3.8) is 0 Å². The van der Waals surface area contributed by atoms with Gasteiger partial charge in [-0.15, -0.1) is 12.6 Å². The van der Waals surface area contributed by atoms with Gasteiger partial charge in [-0.3, -0.25) is 5.41 Å². The molecule has 1 unspecified atom stereocenters. The molecule has 3 N–H and O–H groups in total. The maximum Gasteiger partial charge on any atom is 0.154 e. The summed E-state index contributed by atoms with van der Waals surface area (Å²) < 4.78 is 1.93. The van der Waals surface area contributed by atoms with Crippen LogP contribution in [0.15, 0.2) is 17.2 Å². The highest BCUT2D eigenvalue weighted by molar-refractivity contribution is 7.80. The van der Waals surface area contributed by atoms with Gasteiger partial charge in [-0.05, 0) is 38.9 Å². The zero-order valence-corrected chi connectivity index (χ0v) is 13.7. The maximum absolute atomic E-state index is 8.37. The summed E-state index contributed by atoms with van der Waals surface area (Å²) in [6.45, 7) is 5.80. The number of fused-ring (bicyclic) bond motifs is 1. The van der Waals surface area contributed by atoms with Crippen molar-refractivity contribution in [3.8, 4) is 0 Å². The number of nitrogens with two attached hydrogens (primary N) is 1. The van der Waals surface area contributed by atoms with Gasteiger partial charge in [0.1, 0.15) is 11.3 Å². The van der Waals surface area contributed by atoms with Crippen LogP contribution in [0.25, 0.3) is 11.0 Å². The monoisotopic (exact) mass is 318 g/mol. The Morgan fingerprint density at radius 3 is 3.00 bits per heavy atom. The number of likely N-dealkylation sites (tertiary alicyclic amines) is 1. The second kappa shape index (κ2) is 6.36. The van der Waals surface area contributed by atoms with Crippen LogP contribution in [0, 0.1) is 12.3 Å². The summed E-state index contributed by atoms with van der Waals surface area (Å²) in [6.07, 6.45) is 3.74. The number of pyridine rings is 1. The molecular weight excluding hydrogens is 296 g/mol. The van der Waals surface area contributed by atoms with Gasteiger partial charge in [0.05, 0.1) is 5.52 Å². The molecule has 0 saturated carbocycles. The highest BCUT2D eigenvalue weighted by Gasteiger charge is 2.18. The molecule has 0 spiro atoms. The van der Waals surface area contributed by atoms with Crippen molar-refractivity contribution in [2.24, 2.45) is 5.73 Å². The Morgan fingerprint density at radius 1 is 1.45 bits per heavy atom. The lowest BCUT2D eigenvalue weighted by atomic mass is 10.3. The van der Waals surface area contributed by atoms with Gasteiger partial charge in [-0.1, -0.05) is 0 Å². The van der Waals surface area contributed by atoms with Crippen LogP contribution in [0.3, 0.4) is 0 Å². The number of nitrogens with zero attached hydrogens (tertiary/aromatic N) is 4. The van der Waals surface area contributed by atoms with Gasteiger partial charge in [0.2, 0.25) is 0 Å². The molecule has 0 aliphatic carbocycles. The first-order valence-electron chi connectivity index (χ1n) is 7.63. The van der Waals surface area contributed by atoms with Crippen LogP contribution in [0.1, 0.15) is 18.7 Å². The Bertz CT molecular complexity index is 741. The van der Waals surface area contributed by atoms with Crippen molar-refractivity contribution in [1.29, 1.82) is 5.41 Å². The summed E-state index contributed by atoms with van der Waals surface area (Å²) >= 11 is 4.28. The zero-order chi connectivity index (χ0) is 15.7. The third kappa shape index (κ3) is 3.16. The van der Waals surface area contributed by atoms with Gasteiger partial charge in [0.15, 0.2) is 5.49 Å². The van der Waals surface area contributed by atoms with Crippen LogP contribution in [-0.2, 0) is 6.54 Å². The molecule has 0 aromatic carbocycles. The number of hydrogen-bond acceptors (Lipinski definition) is 6. The van der Waals surface area contributed by atoms with Gasteiger partial charge in [0.25, 0.3) is 0 Å². The second-order valence-electron chi connectivity index (χ2n) is 5.92.